The zero-order valence-corrected chi connectivity index (χ0v) is 13.6. The van der Waals surface area contributed by atoms with Crippen LogP contribution in [0.4, 0.5) is 5.82 Å². The van der Waals surface area contributed by atoms with Crippen LogP contribution in [0.25, 0.3) is 5.57 Å². The van der Waals surface area contributed by atoms with Crippen molar-refractivity contribution in [2.24, 2.45) is 0 Å². The van der Waals surface area contributed by atoms with Crippen LogP contribution in [0.3, 0.4) is 0 Å². The molecule has 0 bridgehead atoms. The number of hydrogen-bond donors (Lipinski definition) is 1. The van der Waals surface area contributed by atoms with Gasteiger partial charge in [0, 0.05) is 31.0 Å². The Morgan fingerprint density at radius 3 is 2.83 bits per heavy atom. The van der Waals surface area contributed by atoms with E-state index in [9.17, 15) is 4.79 Å². The number of rotatable bonds is 7. The van der Waals surface area contributed by atoms with E-state index in [1.807, 2.05) is 31.2 Å². The van der Waals surface area contributed by atoms with E-state index in [0.717, 1.165) is 16.9 Å². The number of benzene rings is 1. The highest BCUT2D eigenvalue weighted by molar-refractivity contribution is 6.03. The molecule has 0 saturated heterocycles. The Bertz CT molecular complexity index is 692. The average Bonchev–Trinajstić information content (AvgIpc) is 2.99. The molecule has 6 heteroatoms. The van der Waals surface area contributed by atoms with Gasteiger partial charge in [0.1, 0.15) is 5.75 Å². The van der Waals surface area contributed by atoms with Gasteiger partial charge in [-0.1, -0.05) is 18.2 Å². The van der Waals surface area contributed by atoms with Crippen molar-refractivity contribution in [1.82, 2.24) is 9.78 Å². The SMILES string of the molecule is COCCn1ccc(NC(=O)/C=C(\C)c2ccccc2OC)n1. The number of aromatic nitrogens is 2. The largest absolute Gasteiger partial charge is 0.496 e. The summed E-state index contributed by atoms with van der Waals surface area (Å²) in [4.78, 5) is 12.1. The minimum atomic E-state index is -0.231. The van der Waals surface area contributed by atoms with Crippen molar-refractivity contribution in [3.05, 3.63) is 48.2 Å². The lowest BCUT2D eigenvalue weighted by molar-refractivity contribution is -0.111. The van der Waals surface area contributed by atoms with Gasteiger partial charge < -0.3 is 14.8 Å². The summed E-state index contributed by atoms with van der Waals surface area (Å²) in [6.07, 6.45) is 3.33. The lowest BCUT2D eigenvalue weighted by atomic mass is 10.1. The van der Waals surface area contributed by atoms with Crippen LogP contribution in [0, 0.1) is 0 Å². The molecule has 0 unspecified atom stereocenters. The van der Waals surface area contributed by atoms with Gasteiger partial charge >= 0.3 is 0 Å². The molecule has 0 fully saturated rings. The Morgan fingerprint density at radius 1 is 1.30 bits per heavy atom. The summed E-state index contributed by atoms with van der Waals surface area (Å²) in [5, 5.41) is 7.00. The van der Waals surface area contributed by atoms with Crippen molar-refractivity contribution >= 4 is 17.3 Å². The van der Waals surface area contributed by atoms with Crippen molar-refractivity contribution in [1.29, 1.82) is 0 Å². The maximum Gasteiger partial charge on any atom is 0.249 e. The van der Waals surface area contributed by atoms with E-state index in [0.29, 0.717) is 19.0 Å². The number of allylic oxidation sites excluding steroid dienone is 1. The molecule has 0 aliphatic carbocycles. The topological polar surface area (TPSA) is 65.4 Å². The van der Waals surface area contributed by atoms with Gasteiger partial charge in [-0.15, -0.1) is 0 Å². The number of anilines is 1. The fourth-order valence-corrected chi connectivity index (χ4v) is 2.14. The van der Waals surface area contributed by atoms with E-state index >= 15 is 0 Å². The molecule has 0 atom stereocenters. The molecule has 0 saturated carbocycles. The lowest BCUT2D eigenvalue weighted by Gasteiger charge is -2.08. The summed E-state index contributed by atoms with van der Waals surface area (Å²) in [7, 11) is 3.25. The maximum absolute atomic E-state index is 12.1. The molecule has 0 spiro atoms. The van der Waals surface area contributed by atoms with E-state index < -0.39 is 0 Å². The number of para-hydroxylation sites is 1. The molecular formula is C17H21N3O3. The number of hydrogen-bond acceptors (Lipinski definition) is 4. The van der Waals surface area contributed by atoms with Gasteiger partial charge in [0.2, 0.25) is 5.91 Å². The van der Waals surface area contributed by atoms with Crippen LogP contribution in [0.1, 0.15) is 12.5 Å². The second kappa shape index (κ2) is 8.14. The summed E-state index contributed by atoms with van der Waals surface area (Å²) >= 11 is 0. The third kappa shape index (κ3) is 4.69. The predicted octanol–water partition coefficient (Wildman–Crippen LogP) is 2.58. The van der Waals surface area contributed by atoms with Crippen LogP contribution in [0.15, 0.2) is 42.6 Å². The quantitative estimate of drug-likeness (QED) is 0.798. The second-order valence-corrected chi connectivity index (χ2v) is 4.97. The Labute approximate surface area is 135 Å². The third-order valence-electron chi connectivity index (χ3n) is 3.30. The number of methoxy groups -OCH3 is 2. The van der Waals surface area contributed by atoms with Crippen LogP contribution < -0.4 is 10.1 Å². The molecule has 2 aromatic rings. The Hall–Kier alpha value is -2.60. The second-order valence-electron chi connectivity index (χ2n) is 4.97. The molecule has 122 valence electrons. The molecule has 1 aromatic heterocycles. The molecule has 1 heterocycles. The predicted molar refractivity (Wildman–Crippen MR) is 89.4 cm³/mol. The van der Waals surface area contributed by atoms with Crippen molar-refractivity contribution in [2.45, 2.75) is 13.5 Å². The summed E-state index contributed by atoms with van der Waals surface area (Å²) < 4.78 is 12.0. The molecule has 0 aliphatic rings. The van der Waals surface area contributed by atoms with Crippen molar-refractivity contribution in [3.63, 3.8) is 0 Å². The summed E-state index contributed by atoms with van der Waals surface area (Å²) in [5.41, 5.74) is 1.70. The van der Waals surface area contributed by atoms with Gasteiger partial charge in [-0.3, -0.25) is 9.48 Å². The first-order chi connectivity index (χ1) is 11.1. The van der Waals surface area contributed by atoms with Crippen LogP contribution in [-0.2, 0) is 16.1 Å². The summed E-state index contributed by atoms with van der Waals surface area (Å²) in [6.45, 7) is 3.08. The number of ether oxygens (including phenoxy) is 2. The van der Waals surface area contributed by atoms with E-state index in [4.69, 9.17) is 9.47 Å². The molecule has 2 rings (SSSR count). The fraction of sp³-hybridized carbons (Fsp3) is 0.294. The Kier molecular flexibility index (Phi) is 5.94. The maximum atomic E-state index is 12.1. The number of nitrogens with zero attached hydrogens (tertiary/aromatic N) is 2. The fourth-order valence-electron chi connectivity index (χ4n) is 2.14. The van der Waals surface area contributed by atoms with Crippen LogP contribution in [0.2, 0.25) is 0 Å². The van der Waals surface area contributed by atoms with Gasteiger partial charge in [0.25, 0.3) is 0 Å². The molecule has 0 radical (unpaired) electrons. The summed E-state index contributed by atoms with van der Waals surface area (Å²) in [6, 6.07) is 9.33. The number of nitrogens with one attached hydrogen (secondary N) is 1. The first-order valence-corrected chi connectivity index (χ1v) is 7.29. The molecule has 6 nitrogen and oxygen atoms in total. The van der Waals surface area contributed by atoms with E-state index in [1.54, 1.807) is 31.2 Å². The van der Waals surface area contributed by atoms with E-state index in [-0.39, 0.29) is 5.91 Å². The van der Waals surface area contributed by atoms with Crippen molar-refractivity contribution in [2.75, 3.05) is 26.1 Å². The highest BCUT2D eigenvalue weighted by Crippen LogP contribution is 2.25. The normalized spacial score (nSPS) is 11.3. The number of amides is 1. The number of carbonyl (C=O) groups is 1. The van der Waals surface area contributed by atoms with Crippen molar-refractivity contribution < 1.29 is 14.3 Å². The molecule has 1 N–H and O–H groups in total. The first kappa shape index (κ1) is 16.8. The Balaban J connectivity index is 2.04. The molecule has 1 amide bonds. The Morgan fingerprint density at radius 2 is 2.09 bits per heavy atom. The number of carbonyl (C=O) groups excluding carboxylic acids is 1. The average molecular weight is 315 g/mol. The van der Waals surface area contributed by atoms with Gasteiger partial charge in [-0.2, -0.15) is 5.10 Å². The third-order valence-corrected chi connectivity index (χ3v) is 3.30. The highest BCUT2D eigenvalue weighted by atomic mass is 16.5. The zero-order chi connectivity index (χ0) is 16.7. The van der Waals surface area contributed by atoms with Crippen LogP contribution in [0.5, 0.6) is 5.75 Å². The molecule has 0 aliphatic heterocycles. The smallest absolute Gasteiger partial charge is 0.249 e. The van der Waals surface area contributed by atoms with Gasteiger partial charge in [0.15, 0.2) is 5.82 Å². The van der Waals surface area contributed by atoms with E-state index in [1.165, 1.54) is 6.08 Å². The van der Waals surface area contributed by atoms with E-state index in [2.05, 4.69) is 10.4 Å². The molecule has 23 heavy (non-hydrogen) atoms. The molecule has 1 aromatic carbocycles. The van der Waals surface area contributed by atoms with Gasteiger partial charge in [0.05, 0.1) is 20.3 Å². The summed E-state index contributed by atoms with van der Waals surface area (Å²) in [5.74, 6) is 1.01. The minimum Gasteiger partial charge on any atom is -0.496 e. The monoisotopic (exact) mass is 315 g/mol. The van der Waals surface area contributed by atoms with Gasteiger partial charge in [-0.05, 0) is 18.6 Å². The highest BCUT2D eigenvalue weighted by Gasteiger charge is 2.07. The lowest BCUT2D eigenvalue weighted by Crippen LogP contribution is -2.10. The first-order valence-electron chi connectivity index (χ1n) is 7.29. The standard InChI is InChI=1S/C17H21N3O3/c1-13(14-6-4-5-7-15(14)23-3)12-17(21)18-16-8-9-20(19-16)10-11-22-2/h4-9,12H,10-11H2,1-3H3,(H,18,19,21)/b13-12+. The van der Waals surface area contributed by atoms with Gasteiger partial charge in [-0.25, -0.2) is 0 Å². The zero-order valence-electron chi connectivity index (χ0n) is 13.6. The minimum absolute atomic E-state index is 0.231. The van der Waals surface area contributed by atoms with Crippen molar-refractivity contribution in [3.8, 4) is 5.75 Å². The van der Waals surface area contributed by atoms with Crippen LogP contribution in [-0.4, -0.2) is 36.5 Å². The molecular weight excluding hydrogens is 294 g/mol. The van der Waals surface area contributed by atoms with Crippen LogP contribution >= 0.6 is 0 Å².